The molecule has 15 heavy (non-hydrogen) atoms. The van der Waals surface area contributed by atoms with Gasteiger partial charge in [-0.1, -0.05) is 12.1 Å². The van der Waals surface area contributed by atoms with Gasteiger partial charge < -0.3 is 10.6 Å². The van der Waals surface area contributed by atoms with Gasteiger partial charge in [-0.25, -0.2) is 0 Å². The number of aliphatic imine (C=N–C) groups is 1. The van der Waals surface area contributed by atoms with Crippen LogP contribution in [-0.2, 0) is 0 Å². The Morgan fingerprint density at radius 1 is 1.40 bits per heavy atom. The average molecular weight is 244 g/mol. The van der Waals surface area contributed by atoms with Crippen LogP contribution in [0.2, 0.25) is 0 Å². The first kappa shape index (κ1) is 12.2. The third-order valence-corrected chi connectivity index (χ3v) is 2.83. The summed E-state index contributed by atoms with van der Waals surface area (Å²) in [5, 5.41) is 6.46. The molecule has 2 rings (SSSR count). The van der Waals surface area contributed by atoms with Crippen molar-refractivity contribution in [3.05, 3.63) is 24.3 Å². The van der Waals surface area contributed by atoms with Crippen LogP contribution in [0, 0.1) is 0 Å². The molecule has 1 aliphatic rings. The van der Waals surface area contributed by atoms with E-state index in [1.165, 1.54) is 4.90 Å². The summed E-state index contributed by atoms with van der Waals surface area (Å²) < 4.78 is 0. The lowest BCUT2D eigenvalue weighted by Gasteiger charge is -2.09. The second-order valence-corrected chi connectivity index (χ2v) is 3.83. The van der Waals surface area contributed by atoms with Gasteiger partial charge in [-0.2, -0.15) is 0 Å². The molecule has 1 aromatic carbocycles. The first-order valence-corrected chi connectivity index (χ1v) is 5.81. The van der Waals surface area contributed by atoms with Crippen LogP contribution >= 0.6 is 24.2 Å². The van der Waals surface area contributed by atoms with Gasteiger partial charge in [-0.15, -0.1) is 24.2 Å². The standard InChI is InChI=1S/C10H13N3S.ClH/c1-14-9-5-3-2-4-8(9)13-10-11-6-7-12-10;/h2-5H,6-7H2,1H3,(H2,11,12,13);1H. The first-order valence-electron chi connectivity index (χ1n) is 4.58. The van der Waals surface area contributed by atoms with Crippen LogP contribution in [0.1, 0.15) is 0 Å². The van der Waals surface area contributed by atoms with Crippen molar-refractivity contribution >= 4 is 35.8 Å². The van der Waals surface area contributed by atoms with Crippen molar-refractivity contribution in [2.75, 3.05) is 24.7 Å². The van der Waals surface area contributed by atoms with Crippen LogP contribution in [0.4, 0.5) is 5.69 Å². The molecular formula is C10H14ClN3S. The van der Waals surface area contributed by atoms with Gasteiger partial charge in [0.2, 0.25) is 0 Å². The molecule has 1 aromatic rings. The fourth-order valence-corrected chi connectivity index (χ4v) is 1.91. The number of benzene rings is 1. The van der Waals surface area contributed by atoms with Gasteiger partial charge >= 0.3 is 0 Å². The first-order chi connectivity index (χ1) is 6.90. The highest BCUT2D eigenvalue weighted by atomic mass is 35.5. The summed E-state index contributed by atoms with van der Waals surface area (Å²) in [6, 6.07) is 8.23. The minimum atomic E-state index is 0. The Kier molecular flexibility index (Phi) is 4.78. The fourth-order valence-electron chi connectivity index (χ4n) is 1.36. The molecule has 1 heterocycles. The molecule has 5 heteroatoms. The number of para-hydroxylation sites is 1. The fraction of sp³-hybridized carbons (Fsp3) is 0.300. The average Bonchev–Trinajstić information content (AvgIpc) is 2.71. The van der Waals surface area contributed by atoms with E-state index in [4.69, 9.17) is 0 Å². The minimum Gasteiger partial charge on any atom is -0.354 e. The van der Waals surface area contributed by atoms with Gasteiger partial charge in [0.1, 0.15) is 0 Å². The highest BCUT2D eigenvalue weighted by molar-refractivity contribution is 7.98. The Morgan fingerprint density at radius 3 is 2.87 bits per heavy atom. The van der Waals surface area contributed by atoms with E-state index < -0.39 is 0 Å². The van der Waals surface area contributed by atoms with Gasteiger partial charge in [-0.3, -0.25) is 4.99 Å². The molecule has 2 N–H and O–H groups in total. The smallest absolute Gasteiger partial charge is 0.195 e. The van der Waals surface area contributed by atoms with Crippen molar-refractivity contribution < 1.29 is 0 Å². The number of hydrogen-bond donors (Lipinski definition) is 2. The summed E-state index contributed by atoms with van der Waals surface area (Å²) in [6.07, 6.45) is 2.07. The number of halogens is 1. The topological polar surface area (TPSA) is 36.4 Å². The van der Waals surface area contributed by atoms with E-state index >= 15 is 0 Å². The summed E-state index contributed by atoms with van der Waals surface area (Å²) in [5.41, 5.74) is 1.12. The van der Waals surface area contributed by atoms with E-state index in [9.17, 15) is 0 Å². The van der Waals surface area contributed by atoms with Crippen LogP contribution in [0.5, 0.6) is 0 Å². The van der Waals surface area contributed by atoms with Gasteiger partial charge in [0.05, 0.1) is 12.2 Å². The Balaban J connectivity index is 0.00000112. The number of hydrogen-bond acceptors (Lipinski definition) is 4. The van der Waals surface area contributed by atoms with Gasteiger partial charge in [0.25, 0.3) is 0 Å². The zero-order valence-corrected chi connectivity index (χ0v) is 10.1. The van der Waals surface area contributed by atoms with Crippen LogP contribution in [0.25, 0.3) is 0 Å². The minimum absolute atomic E-state index is 0. The van der Waals surface area contributed by atoms with Crippen molar-refractivity contribution in [1.82, 2.24) is 5.32 Å². The molecule has 0 bridgehead atoms. The van der Waals surface area contributed by atoms with E-state index in [2.05, 4.69) is 34.0 Å². The lowest BCUT2D eigenvalue weighted by molar-refractivity contribution is 0.959. The van der Waals surface area contributed by atoms with Gasteiger partial charge in [0.15, 0.2) is 5.96 Å². The number of rotatable bonds is 2. The highest BCUT2D eigenvalue weighted by Crippen LogP contribution is 2.24. The Bertz CT molecular complexity index is 354. The van der Waals surface area contributed by atoms with Crippen molar-refractivity contribution in [3.63, 3.8) is 0 Å². The molecule has 0 fully saturated rings. The molecule has 3 nitrogen and oxygen atoms in total. The maximum atomic E-state index is 4.29. The molecule has 0 saturated heterocycles. The molecular weight excluding hydrogens is 230 g/mol. The molecule has 0 radical (unpaired) electrons. The maximum absolute atomic E-state index is 4.29. The maximum Gasteiger partial charge on any atom is 0.195 e. The molecule has 1 aliphatic heterocycles. The number of thioether (sulfide) groups is 1. The molecule has 0 saturated carbocycles. The summed E-state index contributed by atoms with van der Waals surface area (Å²) in [6.45, 7) is 1.80. The normalized spacial score (nSPS) is 13.8. The summed E-state index contributed by atoms with van der Waals surface area (Å²) in [5.74, 6) is 0.881. The van der Waals surface area contributed by atoms with E-state index in [1.54, 1.807) is 11.8 Å². The quantitative estimate of drug-likeness (QED) is 0.782. The lowest BCUT2D eigenvalue weighted by Crippen LogP contribution is -2.26. The van der Waals surface area contributed by atoms with E-state index in [0.717, 1.165) is 24.7 Å². The van der Waals surface area contributed by atoms with E-state index in [0.29, 0.717) is 0 Å². The molecule has 0 atom stereocenters. The van der Waals surface area contributed by atoms with Crippen LogP contribution in [0.3, 0.4) is 0 Å². The van der Waals surface area contributed by atoms with Crippen LogP contribution in [0.15, 0.2) is 34.2 Å². The summed E-state index contributed by atoms with van der Waals surface area (Å²) in [4.78, 5) is 5.53. The number of nitrogens with zero attached hydrogens (tertiary/aromatic N) is 1. The third-order valence-electron chi connectivity index (χ3n) is 2.03. The van der Waals surface area contributed by atoms with Gasteiger partial charge in [-0.05, 0) is 18.4 Å². The zero-order valence-electron chi connectivity index (χ0n) is 8.49. The Morgan fingerprint density at radius 2 is 2.20 bits per heavy atom. The summed E-state index contributed by atoms with van der Waals surface area (Å²) >= 11 is 1.73. The molecule has 0 unspecified atom stereocenters. The monoisotopic (exact) mass is 243 g/mol. The van der Waals surface area contributed by atoms with E-state index in [-0.39, 0.29) is 12.4 Å². The second kappa shape index (κ2) is 5.88. The largest absolute Gasteiger partial charge is 0.354 e. The third kappa shape index (κ3) is 3.04. The predicted molar refractivity (Wildman–Crippen MR) is 69.4 cm³/mol. The predicted octanol–water partition coefficient (Wildman–Crippen LogP) is 2.20. The number of nitrogens with one attached hydrogen (secondary N) is 2. The Hall–Kier alpha value is -0.870. The molecule has 0 aliphatic carbocycles. The molecule has 0 amide bonds. The lowest BCUT2D eigenvalue weighted by atomic mass is 10.3. The van der Waals surface area contributed by atoms with Gasteiger partial charge in [0, 0.05) is 11.4 Å². The molecule has 0 aromatic heterocycles. The van der Waals surface area contributed by atoms with Crippen molar-refractivity contribution in [3.8, 4) is 0 Å². The molecule has 0 spiro atoms. The van der Waals surface area contributed by atoms with Crippen LogP contribution < -0.4 is 10.6 Å². The highest BCUT2D eigenvalue weighted by Gasteiger charge is 2.06. The van der Waals surface area contributed by atoms with Crippen molar-refractivity contribution in [1.29, 1.82) is 0 Å². The zero-order chi connectivity index (χ0) is 9.80. The number of guanidine groups is 1. The van der Waals surface area contributed by atoms with Crippen molar-refractivity contribution in [2.24, 2.45) is 4.99 Å². The number of anilines is 1. The summed E-state index contributed by atoms with van der Waals surface area (Å²) in [7, 11) is 0. The van der Waals surface area contributed by atoms with Crippen LogP contribution in [-0.4, -0.2) is 25.3 Å². The SMILES string of the molecule is CSc1ccccc1NC1=NCCN1.Cl. The molecule has 82 valence electrons. The Labute approximate surface area is 100 Å². The van der Waals surface area contributed by atoms with E-state index in [1.807, 2.05) is 12.1 Å². The second-order valence-electron chi connectivity index (χ2n) is 2.98. The van der Waals surface area contributed by atoms with Crippen molar-refractivity contribution in [2.45, 2.75) is 4.90 Å².